The van der Waals surface area contributed by atoms with Gasteiger partial charge in [0.15, 0.2) is 18.1 Å². The summed E-state index contributed by atoms with van der Waals surface area (Å²) >= 11 is 0. The molecule has 0 fully saturated rings. The zero-order chi connectivity index (χ0) is 26.4. The van der Waals surface area contributed by atoms with Crippen LogP contribution in [0.15, 0.2) is 72.1 Å². The van der Waals surface area contributed by atoms with E-state index in [1.165, 1.54) is 5.56 Å². The zero-order valence-corrected chi connectivity index (χ0v) is 20.9. The fraction of sp³-hybridized carbons (Fsp3) is 0.241. The molecular weight excluding hydrogens is 472 g/mol. The molecule has 190 valence electrons. The van der Waals surface area contributed by atoms with E-state index in [9.17, 15) is 10.1 Å². The summed E-state index contributed by atoms with van der Waals surface area (Å²) in [6.45, 7) is 4.19. The van der Waals surface area contributed by atoms with E-state index in [0.29, 0.717) is 35.2 Å². The van der Waals surface area contributed by atoms with E-state index in [0.717, 1.165) is 12.0 Å². The molecule has 1 unspecified atom stereocenters. The summed E-state index contributed by atoms with van der Waals surface area (Å²) in [5.41, 5.74) is 9.04. The Labute approximate surface area is 215 Å². The van der Waals surface area contributed by atoms with E-state index in [1.807, 2.05) is 43.3 Å². The molecule has 2 N–H and O–H groups in total. The molecule has 0 aliphatic carbocycles. The predicted octanol–water partition coefficient (Wildman–Crippen LogP) is 4.86. The molecule has 4 rings (SSSR count). The van der Waals surface area contributed by atoms with Crippen LogP contribution in [0.4, 0.5) is 0 Å². The van der Waals surface area contributed by atoms with Gasteiger partial charge in [-0.15, -0.1) is 0 Å². The number of nitrogens with zero attached hydrogens (tertiary/aromatic N) is 1. The van der Waals surface area contributed by atoms with Crippen LogP contribution in [-0.4, -0.2) is 26.3 Å². The fourth-order valence-corrected chi connectivity index (χ4v) is 4.11. The zero-order valence-electron chi connectivity index (χ0n) is 20.9. The Morgan fingerprint density at radius 2 is 1.76 bits per heavy atom. The normalized spacial score (nSPS) is 14.2. The van der Waals surface area contributed by atoms with Crippen molar-refractivity contribution in [3.05, 3.63) is 88.8 Å². The van der Waals surface area contributed by atoms with Crippen LogP contribution in [0.3, 0.4) is 0 Å². The molecule has 0 bridgehead atoms. The van der Waals surface area contributed by atoms with Gasteiger partial charge in [-0.25, -0.2) is 4.79 Å². The third kappa shape index (κ3) is 5.62. The molecule has 1 heterocycles. The van der Waals surface area contributed by atoms with E-state index < -0.39 is 11.9 Å². The van der Waals surface area contributed by atoms with E-state index in [1.54, 1.807) is 31.4 Å². The highest BCUT2D eigenvalue weighted by Crippen LogP contribution is 2.45. The number of nitriles is 1. The Bertz CT molecular complexity index is 1360. The van der Waals surface area contributed by atoms with Crippen LogP contribution >= 0.6 is 0 Å². The second-order valence-corrected chi connectivity index (χ2v) is 8.23. The van der Waals surface area contributed by atoms with Gasteiger partial charge in [-0.2, -0.15) is 5.26 Å². The van der Waals surface area contributed by atoms with Crippen molar-refractivity contribution >= 4 is 5.97 Å². The van der Waals surface area contributed by atoms with Gasteiger partial charge in [0.1, 0.15) is 28.9 Å². The number of carbonyl (C=O) groups is 1. The number of esters is 1. The van der Waals surface area contributed by atoms with E-state index in [2.05, 4.69) is 13.0 Å². The number of benzene rings is 3. The molecule has 8 heteroatoms. The van der Waals surface area contributed by atoms with Gasteiger partial charge >= 0.3 is 5.97 Å². The van der Waals surface area contributed by atoms with Crippen molar-refractivity contribution in [2.24, 2.45) is 5.73 Å². The SMILES string of the molecule is CCOc1ccc(C2C(C#N)=C(N)Oc3cc(OC(=O)COc4ccc(CC)cc4)ccc32)cc1OC. The number of allylic oxidation sites excluding steroid dienone is 1. The van der Waals surface area contributed by atoms with E-state index in [4.69, 9.17) is 29.4 Å². The van der Waals surface area contributed by atoms with Crippen molar-refractivity contribution in [3.63, 3.8) is 0 Å². The Kier molecular flexibility index (Phi) is 7.84. The van der Waals surface area contributed by atoms with Gasteiger partial charge in [-0.1, -0.05) is 31.2 Å². The van der Waals surface area contributed by atoms with Crippen LogP contribution in [0.2, 0.25) is 0 Å². The van der Waals surface area contributed by atoms with Crippen molar-refractivity contribution in [1.82, 2.24) is 0 Å². The van der Waals surface area contributed by atoms with Crippen LogP contribution < -0.4 is 29.4 Å². The summed E-state index contributed by atoms with van der Waals surface area (Å²) in [6.07, 6.45) is 0.922. The minimum absolute atomic E-state index is 0.0183. The minimum atomic E-state index is -0.565. The first-order valence-corrected chi connectivity index (χ1v) is 11.9. The van der Waals surface area contributed by atoms with Crippen LogP contribution in [0.1, 0.15) is 36.5 Å². The first kappa shape index (κ1) is 25.5. The van der Waals surface area contributed by atoms with E-state index >= 15 is 0 Å². The van der Waals surface area contributed by atoms with Crippen molar-refractivity contribution in [2.75, 3.05) is 20.3 Å². The molecule has 3 aromatic carbocycles. The molecule has 0 spiro atoms. The Morgan fingerprint density at radius 3 is 2.43 bits per heavy atom. The fourth-order valence-electron chi connectivity index (χ4n) is 4.11. The van der Waals surface area contributed by atoms with Crippen molar-refractivity contribution in [2.45, 2.75) is 26.2 Å². The summed E-state index contributed by atoms with van der Waals surface area (Å²) < 4.78 is 27.8. The van der Waals surface area contributed by atoms with Crippen LogP contribution in [-0.2, 0) is 11.2 Å². The topological polar surface area (TPSA) is 113 Å². The Balaban J connectivity index is 1.55. The summed E-state index contributed by atoms with van der Waals surface area (Å²) in [5, 5.41) is 9.83. The van der Waals surface area contributed by atoms with Gasteiger partial charge < -0.3 is 29.4 Å². The average Bonchev–Trinajstić information content (AvgIpc) is 2.91. The quantitative estimate of drug-likeness (QED) is 0.327. The number of nitrogens with two attached hydrogens (primary N) is 1. The summed E-state index contributed by atoms with van der Waals surface area (Å²) in [6, 6.07) is 20.1. The molecule has 1 aliphatic rings. The monoisotopic (exact) mass is 500 g/mol. The van der Waals surface area contributed by atoms with Gasteiger partial charge in [0, 0.05) is 11.6 Å². The first-order chi connectivity index (χ1) is 18.0. The number of aryl methyl sites for hydroxylation is 1. The van der Waals surface area contributed by atoms with Crippen LogP contribution in [0.25, 0.3) is 0 Å². The van der Waals surface area contributed by atoms with Gasteiger partial charge in [0.25, 0.3) is 0 Å². The maximum absolute atomic E-state index is 12.4. The Hall–Kier alpha value is -4.64. The Morgan fingerprint density at radius 1 is 1.00 bits per heavy atom. The molecule has 8 nitrogen and oxygen atoms in total. The van der Waals surface area contributed by atoms with Crippen LogP contribution in [0.5, 0.6) is 28.7 Å². The lowest BCUT2D eigenvalue weighted by Gasteiger charge is -2.27. The number of hydrogen-bond acceptors (Lipinski definition) is 8. The highest BCUT2D eigenvalue weighted by atomic mass is 16.6. The summed E-state index contributed by atoms with van der Waals surface area (Å²) in [5.74, 6) is 1.29. The summed E-state index contributed by atoms with van der Waals surface area (Å²) in [7, 11) is 1.56. The largest absolute Gasteiger partial charge is 0.493 e. The number of methoxy groups -OCH3 is 1. The van der Waals surface area contributed by atoms with Gasteiger partial charge in [-0.05, 0) is 54.8 Å². The van der Waals surface area contributed by atoms with Crippen LogP contribution in [0, 0.1) is 11.3 Å². The highest BCUT2D eigenvalue weighted by molar-refractivity contribution is 5.74. The molecule has 1 aliphatic heterocycles. The van der Waals surface area contributed by atoms with Gasteiger partial charge in [0.2, 0.25) is 5.88 Å². The molecule has 37 heavy (non-hydrogen) atoms. The predicted molar refractivity (Wildman–Crippen MR) is 137 cm³/mol. The smallest absolute Gasteiger partial charge is 0.349 e. The van der Waals surface area contributed by atoms with Gasteiger partial charge in [-0.3, -0.25) is 0 Å². The molecule has 0 aromatic heterocycles. The maximum atomic E-state index is 12.4. The highest BCUT2D eigenvalue weighted by Gasteiger charge is 2.31. The van der Waals surface area contributed by atoms with Crippen molar-refractivity contribution < 1.29 is 28.5 Å². The lowest BCUT2D eigenvalue weighted by molar-refractivity contribution is -0.136. The second-order valence-electron chi connectivity index (χ2n) is 8.23. The number of hydrogen-bond donors (Lipinski definition) is 1. The molecule has 1 atom stereocenters. The first-order valence-electron chi connectivity index (χ1n) is 11.9. The molecule has 0 saturated carbocycles. The van der Waals surface area contributed by atoms with Crippen molar-refractivity contribution in [3.8, 4) is 34.8 Å². The average molecular weight is 501 g/mol. The van der Waals surface area contributed by atoms with Gasteiger partial charge in [0.05, 0.1) is 19.6 Å². The lowest BCUT2D eigenvalue weighted by Crippen LogP contribution is -2.21. The second kappa shape index (κ2) is 11.4. The summed E-state index contributed by atoms with van der Waals surface area (Å²) in [4.78, 5) is 12.4. The van der Waals surface area contributed by atoms with Crippen molar-refractivity contribution in [1.29, 1.82) is 5.26 Å². The molecular formula is C29H28N2O6. The molecule has 3 aromatic rings. The third-order valence-corrected chi connectivity index (χ3v) is 5.93. The number of rotatable bonds is 9. The number of ether oxygens (including phenoxy) is 5. The number of fused-ring (bicyclic) bond motifs is 1. The molecule has 0 amide bonds. The molecule has 0 saturated heterocycles. The minimum Gasteiger partial charge on any atom is -0.493 e. The standard InChI is InChI=1S/C29H28N2O6/c1-4-18-6-9-20(10-7-18)35-17-27(32)36-21-11-12-22-25(15-21)37-29(31)23(16-30)28(22)19-8-13-24(34-5-2)26(14-19)33-3/h6-15,28H,4-5,17,31H2,1-3H3. The third-order valence-electron chi connectivity index (χ3n) is 5.93. The lowest BCUT2D eigenvalue weighted by atomic mass is 9.83. The number of carbonyl (C=O) groups excluding carboxylic acids is 1. The maximum Gasteiger partial charge on any atom is 0.349 e. The van der Waals surface area contributed by atoms with E-state index in [-0.39, 0.29) is 23.8 Å². The molecule has 0 radical (unpaired) electrons.